The van der Waals surface area contributed by atoms with Gasteiger partial charge in [-0.05, 0) is 27.7 Å². The monoisotopic (exact) mass is 351 g/mol. The number of carbonyl (C=O) groups is 1. The minimum atomic E-state index is -0.520. The first kappa shape index (κ1) is 16.8. The highest BCUT2D eigenvalue weighted by molar-refractivity contribution is 9.09. The molecule has 19 heavy (non-hydrogen) atoms. The van der Waals surface area contributed by atoms with E-state index in [4.69, 9.17) is 10.5 Å². The molecule has 0 aromatic carbocycles. The summed E-state index contributed by atoms with van der Waals surface area (Å²) in [6.45, 7) is 8.38. The maximum absolute atomic E-state index is 12.2. The Bertz CT molecular complexity index is 357. The first-order chi connectivity index (χ1) is 8.78. The smallest absolute Gasteiger partial charge is 0.416 e. The number of thioether (sulfide) groups is 1. The molecule has 0 aliphatic carbocycles. The zero-order valence-electron chi connectivity index (χ0n) is 11.9. The molecule has 0 saturated carbocycles. The van der Waals surface area contributed by atoms with Gasteiger partial charge < -0.3 is 10.5 Å². The summed E-state index contributed by atoms with van der Waals surface area (Å²) in [6.07, 6.45) is -0.383. The van der Waals surface area contributed by atoms with Crippen molar-refractivity contribution in [3.8, 4) is 0 Å². The van der Waals surface area contributed by atoms with Crippen LogP contribution in [0.4, 0.5) is 4.79 Å². The van der Waals surface area contributed by atoms with Gasteiger partial charge >= 0.3 is 6.09 Å². The van der Waals surface area contributed by atoms with E-state index in [1.165, 1.54) is 4.90 Å². The number of amidine groups is 1. The molecule has 0 radical (unpaired) electrons. The molecule has 0 spiro atoms. The molecule has 0 saturated heterocycles. The number of aliphatic imine (C=N–C) groups is 1. The van der Waals surface area contributed by atoms with Gasteiger partial charge in [-0.3, -0.25) is 9.89 Å². The fourth-order valence-corrected chi connectivity index (χ4v) is 3.58. The Kier molecular flexibility index (Phi) is 6.14. The number of ether oxygens (including phenoxy) is 1. The topological polar surface area (TPSA) is 67.9 Å². The highest BCUT2D eigenvalue weighted by atomic mass is 79.9. The second kappa shape index (κ2) is 6.95. The van der Waals surface area contributed by atoms with Crippen molar-refractivity contribution in [1.29, 1.82) is 0 Å². The van der Waals surface area contributed by atoms with Crippen molar-refractivity contribution in [3.05, 3.63) is 0 Å². The number of nitrogens with two attached hydrogens (primary N) is 1. The van der Waals surface area contributed by atoms with E-state index in [1.807, 2.05) is 27.7 Å². The molecule has 1 aliphatic heterocycles. The molecule has 1 rings (SSSR count). The van der Waals surface area contributed by atoms with Gasteiger partial charge in [0.2, 0.25) is 0 Å². The number of hydrogen-bond donors (Lipinski definition) is 1. The molecule has 1 heterocycles. The van der Waals surface area contributed by atoms with Crippen LogP contribution < -0.4 is 5.73 Å². The Hall–Kier alpha value is -0.270. The maximum Gasteiger partial charge on any atom is 0.416 e. The lowest BCUT2D eigenvalue weighted by molar-refractivity contribution is 0.0378. The van der Waals surface area contributed by atoms with E-state index < -0.39 is 5.60 Å². The first-order valence-corrected chi connectivity index (χ1v) is 8.29. The second-order valence-electron chi connectivity index (χ2n) is 5.38. The molecule has 110 valence electrons. The van der Waals surface area contributed by atoms with Gasteiger partial charge in [-0.25, -0.2) is 4.79 Å². The van der Waals surface area contributed by atoms with E-state index in [-0.39, 0.29) is 12.1 Å². The molecule has 0 bridgehead atoms. The summed E-state index contributed by atoms with van der Waals surface area (Å²) in [4.78, 5) is 18.2. The third-order valence-electron chi connectivity index (χ3n) is 2.46. The van der Waals surface area contributed by atoms with Gasteiger partial charge in [-0.1, -0.05) is 27.7 Å². The van der Waals surface area contributed by atoms with Gasteiger partial charge in [0.25, 0.3) is 0 Å². The SMILES string of the molecule is CC1N=C(N(CCN)C(=O)OC(C)(C)C)SC1CBr. The van der Waals surface area contributed by atoms with Crippen LogP contribution in [0.5, 0.6) is 0 Å². The van der Waals surface area contributed by atoms with E-state index in [0.717, 1.165) is 5.33 Å². The minimum absolute atomic E-state index is 0.182. The van der Waals surface area contributed by atoms with Gasteiger partial charge in [-0.15, -0.1) is 0 Å². The van der Waals surface area contributed by atoms with Crippen LogP contribution in [0.25, 0.3) is 0 Å². The van der Waals surface area contributed by atoms with Crippen LogP contribution in [0.15, 0.2) is 4.99 Å². The number of amides is 1. The van der Waals surface area contributed by atoms with Crippen LogP contribution in [0, 0.1) is 0 Å². The van der Waals surface area contributed by atoms with Crippen molar-refractivity contribution in [3.63, 3.8) is 0 Å². The Labute approximate surface area is 127 Å². The van der Waals surface area contributed by atoms with Crippen LogP contribution >= 0.6 is 27.7 Å². The third-order valence-corrected chi connectivity index (χ3v) is 4.98. The zero-order chi connectivity index (χ0) is 14.6. The first-order valence-electron chi connectivity index (χ1n) is 6.29. The summed E-state index contributed by atoms with van der Waals surface area (Å²) in [5.74, 6) is 0. The normalized spacial score (nSPS) is 23.2. The van der Waals surface area contributed by atoms with Gasteiger partial charge in [0.05, 0.1) is 6.04 Å². The molecule has 5 nitrogen and oxygen atoms in total. The Balaban J connectivity index is 2.78. The Morgan fingerprint density at radius 1 is 1.58 bits per heavy atom. The largest absolute Gasteiger partial charge is 0.443 e. The number of alkyl halides is 1. The Morgan fingerprint density at radius 3 is 2.63 bits per heavy atom. The zero-order valence-corrected chi connectivity index (χ0v) is 14.3. The van der Waals surface area contributed by atoms with Crippen molar-refractivity contribution in [2.45, 2.75) is 44.6 Å². The van der Waals surface area contributed by atoms with Crippen LogP contribution in [0.3, 0.4) is 0 Å². The number of nitrogens with zero attached hydrogens (tertiary/aromatic N) is 2. The molecule has 0 aromatic heterocycles. The highest BCUT2D eigenvalue weighted by Crippen LogP contribution is 2.30. The van der Waals surface area contributed by atoms with E-state index in [9.17, 15) is 4.79 Å². The summed E-state index contributed by atoms with van der Waals surface area (Å²) in [7, 11) is 0. The average molecular weight is 352 g/mol. The van der Waals surface area contributed by atoms with Gasteiger partial charge in [0.15, 0.2) is 5.17 Å². The van der Waals surface area contributed by atoms with Crippen LogP contribution in [-0.4, -0.2) is 51.5 Å². The molecular formula is C12H22BrN3O2S. The molecule has 2 N–H and O–H groups in total. The molecule has 1 amide bonds. The average Bonchev–Trinajstić information content (AvgIpc) is 2.64. The molecule has 2 atom stereocenters. The van der Waals surface area contributed by atoms with E-state index in [0.29, 0.717) is 23.5 Å². The van der Waals surface area contributed by atoms with Crippen molar-refractivity contribution < 1.29 is 9.53 Å². The molecule has 2 unspecified atom stereocenters. The molecule has 7 heteroatoms. The van der Waals surface area contributed by atoms with E-state index >= 15 is 0 Å². The molecule has 0 fully saturated rings. The van der Waals surface area contributed by atoms with Crippen LogP contribution in [0.2, 0.25) is 0 Å². The van der Waals surface area contributed by atoms with Gasteiger partial charge in [-0.2, -0.15) is 0 Å². The van der Waals surface area contributed by atoms with Crippen LogP contribution in [0.1, 0.15) is 27.7 Å². The Morgan fingerprint density at radius 2 is 2.21 bits per heavy atom. The number of hydrogen-bond acceptors (Lipinski definition) is 5. The predicted molar refractivity (Wildman–Crippen MR) is 84.1 cm³/mol. The summed E-state index contributed by atoms with van der Waals surface area (Å²) in [5.41, 5.74) is 5.06. The number of halogens is 1. The lowest BCUT2D eigenvalue weighted by Gasteiger charge is -2.26. The van der Waals surface area contributed by atoms with Crippen molar-refractivity contribution >= 4 is 39.0 Å². The van der Waals surface area contributed by atoms with Gasteiger partial charge in [0, 0.05) is 23.7 Å². The van der Waals surface area contributed by atoms with Crippen LogP contribution in [-0.2, 0) is 4.74 Å². The second-order valence-corrected chi connectivity index (χ2v) is 7.24. The fraction of sp³-hybridized carbons (Fsp3) is 0.833. The van der Waals surface area contributed by atoms with Crippen molar-refractivity contribution in [2.24, 2.45) is 10.7 Å². The van der Waals surface area contributed by atoms with Crippen molar-refractivity contribution in [1.82, 2.24) is 4.90 Å². The molecule has 0 aromatic rings. The number of rotatable bonds is 3. The lowest BCUT2D eigenvalue weighted by Crippen LogP contribution is -2.42. The number of carbonyl (C=O) groups excluding carboxylic acids is 1. The summed E-state index contributed by atoms with van der Waals surface area (Å²) < 4.78 is 5.39. The van der Waals surface area contributed by atoms with E-state index in [2.05, 4.69) is 20.9 Å². The maximum atomic E-state index is 12.2. The highest BCUT2D eigenvalue weighted by Gasteiger charge is 2.33. The summed E-state index contributed by atoms with van der Waals surface area (Å²) in [6, 6.07) is 0.182. The van der Waals surface area contributed by atoms with E-state index in [1.54, 1.807) is 11.8 Å². The minimum Gasteiger partial charge on any atom is -0.443 e. The fourth-order valence-electron chi connectivity index (χ4n) is 1.53. The molecule has 1 aliphatic rings. The summed E-state index contributed by atoms with van der Waals surface area (Å²) in [5, 5.41) is 1.89. The summed E-state index contributed by atoms with van der Waals surface area (Å²) >= 11 is 5.06. The predicted octanol–water partition coefficient (Wildman–Crippen LogP) is 2.44. The van der Waals surface area contributed by atoms with Crippen molar-refractivity contribution in [2.75, 3.05) is 18.4 Å². The lowest BCUT2D eigenvalue weighted by atomic mass is 10.2. The van der Waals surface area contributed by atoms with Gasteiger partial charge in [0.1, 0.15) is 5.60 Å². The molecular weight excluding hydrogens is 330 g/mol. The quantitative estimate of drug-likeness (QED) is 0.793. The third kappa shape index (κ3) is 4.96. The standard InChI is InChI=1S/C12H22BrN3O2S/c1-8-9(7-13)19-10(15-8)16(6-5-14)11(17)18-12(2,3)4/h8-9H,5-7,14H2,1-4H3.